The Bertz CT molecular complexity index is 775. The summed E-state index contributed by atoms with van der Waals surface area (Å²) in [6.07, 6.45) is 0. The fraction of sp³-hybridized carbons (Fsp3) is 0. The van der Waals surface area contributed by atoms with Crippen LogP contribution in [-0.2, 0) is 0 Å². The summed E-state index contributed by atoms with van der Waals surface area (Å²) in [7, 11) is 0. The molecule has 0 bridgehead atoms. The molecule has 25 heavy (non-hydrogen) atoms. The Balaban J connectivity index is 0.00000225. The minimum Gasteiger partial charge on any atom is -0.423 e. The van der Waals surface area contributed by atoms with E-state index in [9.17, 15) is 9.59 Å². The van der Waals surface area contributed by atoms with Crippen LogP contribution in [0.15, 0.2) is 84.9 Å². The minimum atomic E-state index is -0.609. The molecule has 0 N–H and O–H groups in total. The highest BCUT2D eigenvalue weighted by Gasteiger charge is 2.20. The van der Waals surface area contributed by atoms with Crippen LogP contribution in [0.4, 0.5) is 0 Å². The lowest BCUT2D eigenvalue weighted by atomic mass is 10.1. The average Bonchev–Trinajstić information content (AvgIpc) is 2.63. The van der Waals surface area contributed by atoms with Gasteiger partial charge < -0.3 is 9.47 Å². The van der Waals surface area contributed by atoms with Crippen LogP contribution in [0.2, 0.25) is 0 Å². The zero-order valence-corrected chi connectivity index (χ0v) is 14.2. The van der Waals surface area contributed by atoms with Crippen molar-refractivity contribution in [3.8, 4) is 11.5 Å². The van der Waals surface area contributed by atoms with Crippen LogP contribution >= 0.6 is 13.5 Å². The molecule has 0 aliphatic heterocycles. The third kappa shape index (κ3) is 4.71. The van der Waals surface area contributed by atoms with Gasteiger partial charge in [0.1, 0.15) is 11.5 Å². The Hall–Kier alpha value is -3.05. The molecule has 0 aromatic heterocycles. The van der Waals surface area contributed by atoms with E-state index in [0.717, 1.165) is 0 Å². The molecule has 0 heterocycles. The molecule has 0 atom stereocenters. The van der Waals surface area contributed by atoms with E-state index in [1.807, 2.05) is 12.1 Å². The molecule has 0 aliphatic rings. The van der Waals surface area contributed by atoms with E-state index < -0.39 is 11.9 Å². The number of benzene rings is 3. The second-order valence-corrected chi connectivity index (χ2v) is 4.95. The molecule has 3 aromatic carbocycles. The first kappa shape index (κ1) is 18.3. The van der Waals surface area contributed by atoms with Crippen LogP contribution in [-0.4, -0.2) is 11.9 Å². The molecular formula is C20H16O4S. The SMILES string of the molecule is O=C(Oc1ccccc1)c1ccccc1C(=O)Oc1ccccc1.S. The zero-order valence-electron chi connectivity index (χ0n) is 13.2. The fourth-order valence-electron chi connectivity index (χ4n) is 2.14. The first-order chi connectivity index (χ1) is 11.7. The summed E-state index contributed by atoms with van der Waals surface area (Å²) < 4.78 is 10.6. The lowest BCUT2D eigenvalue weighted by Crippen LogP contribution is -2.17. The van der Waals surface area contributed by atoms with Crippen molar-refractivity contribution >= 4 is 25.4 Å². The largest absolute Gasteiger partial charge is 0.423 e. The van der Waals surface area contributed by atoms with E-state index in [1.54, 1.807) is 60.7 Å². The summed E-state index contributed by atoms with van der Waals surface area (Å²) in [6.45, 7) is 0. The topological polar surface area (TPSA) is 52.6 Å². The Morgan fingerprint density at radius 1 is 0.520 bits per heavy atom. The number of esters is 2. The lowest BCUT2D eigenvalue weighted by Gasteiger charge is -2.09. The van der Waals surface area contributed by atoms with E-state index in [1.165, 1.54) is 12.1 Å². The molecule has 5 heteroatoms. The summed E-state index contributed by atoms with van der Waals surface area (Å²) in [5.41, 5.74) is 0.310. The van der Waals surface area contributed by atoms with Gasteiger partial charge in [-0.05, 0) is 36.4 Å². The molecule has 3 rings (SSSR count). The summed E-state index contributed by atoms with van der Waals surface area (Å²) in [5, 5.41) is 0. The number of carbonyl (C=O) groups excluding carboxylic acids is 2. The molecule has 0 spiro atoms. The maximum atomic E-state index is 12.4. The molecule has 4 nitrogen and oxygen atoms in total. The van der Waals surface area contributed by atoms with Gasteiger partial charge in [-0.25, -0.2) is 9.59 Å². The van der Waals surface area contributed by atoms with Crippen molar-refractivity contribution in [2.45, 2.75) is 0 Å². The molecule has 0 saturated heterocycles. The van der Waals surface area contributed by atoms with Crippen molar-refractivity contribution in [2.24, 2.45) is 0 Å². The highest BCUT2D eigenvalue weighted by Crippen LogP contribution is 2.17. The van der Waals surface area contributed by atoms with Gasteiger partial charge in [-0.15, -0.1) is 0 Å². The van der Waals surface area contributed by atoms with Crippen LogP contribution in [0.25, 0.3) is 0 Å². The van der Waals surface area contributed by atoms with E-state index in [-0.39, 0.29) is 24.6 Å². The number of para-hydroxylation sites is 2. The van der Waals surface area contributed by atoms with E-state index in [0.29, 0.717) is 11.5 Å². The lowest BCUT2D eigenvalue weighted by molar-refractivity contribution is 0.0692. The summed E-state index contributed by atoms with van der Waals surface area (Å²) in [6, 6.07) is 23.8. The number of carbonyl (C=O) groups is 2. The quantitative estimate of drug-likeness (QED) is 0.521. The van der Waals surface area contributed by atoms with Gasteiger partial charge in [-0.1, -0.05) is 48.5 Å². The Labute approximate surface area is 152 Å². The summed E-state index contributed by atoms with van der Waals surface area (Å²) >= 11 is 0. The van der Waals surface area contributed by atoms with Crippen LogP contribution in [0.3, 0.4) is 0 Å². The highest BCUT2D eigenvalue weighted by atomic mass is 32.1. The van der Waals surface area contributed by atoms with Crippen molar-refractivity contribution in [3.05, 3.63) is 96.1 Å². The van der Waals surface area contributed by atoms with Crippen molar-refractivity contribution in [2.75, 3.05) is 0 Å². The van der Waals surface area contributed by atoms with Crippen molar-refractivity contribution in [1.29, 1.82) is 0 Å². The van der Waals surface area contributed by atoms with Gasteiger partial charge in [-0.3, -0.25) is 0 Å². The number of hydrogen-bond acceptors (Lipinski definition) is 4. The van der Waals surface area contributed by atoms with Gasteiger partial charge in [0.25, 0.3) is 0 Å². The first-order valence-corrected chi connectivity index (χ1v) is 7.37. The van der Waals surface area contributed by atoms with E-state index >= 15 is 0 Å². The van der Waals surface area contributed by atoms with Crippen LogP contribution < -0.4 is 9.47 Å². The normalized spacial score (nSPS) is 9.60. The summed E-state index contributed by atoms with van der Waals surface area (Å²) in [5.74, 6) is -0.397. The maximum Gasteiger partial charge on any atom is 0.344 e. The Morgan fingerprint density at radius 2 is 0.840 bits per heavy atom. The van der Waals surface area contributed by atoms with Crippen molar-refractivity contribution in [3.63, 3.8) is 0 Å². The Kier molecular flexibility index (Phi) is 6.37. The monoisotopic (exact) mass is 352 g/mol. The van der Waals surface area contributed by atoms with Crippen LogP contribution in [0.5, 0.6) is 11.5 Å². The summed E-state index contributed by atoms with van der Waals surface area (Å²) in [4.78, 5) is 24.7. The second-order valence-electron chi connectivity index (χ2n) is 4.95. The fourth-order valence-corrected chi connectivity index (χ4v) is 2.14. The Morgan fingerprint density at radius 3 is 1.20 bits per heavy atom. The molecule has 0 fully saturated rings. The molecule has 0 amide bonds. The number of rotatable bonds is 4. The van der Waals surface area contributed by atoms with Gasteiger partial charge in [0.2, 0.25) is 0 Å². The van der Waals surface area contributed by atoms with Gasteiger partial charge in [0, 0.05) is 0 Å². The molecule has 0 unspecified atom stereocenters. The minimum absolute atomic E-state index is 0. The van der Waals surface area contributed by atoms with Gasteiger partial charge in [-0.2, -0.15) is 13.5 Å². The molecular weight excluding hydrogens is 336 g/mol. The second kappa shape index (κ2) is 8.70. The van der Waals surface area contributed by atoms with E-state index in [4.69, 9.17) is 9.47 Å². The smallest absolute Gasteiger partial charge is 0.344 e. The highest BCUT2D eigenvalue weighted by molar-refractivity contribution is 7.59. The first-order valence-electron chi connectivity index (χ1n) is 7.37. The van der Waals surface area contributed by atoms with Gasteiger partial charge in [0.05, 0.1) is 11.1 Å². The third-order valence-electron chi connectivity index (χ3n) is 3.27. The third-order valence-corrected chi connectivity index (χ3v) is 3.27. The number of ether oxygens (including phenoxy) is 2. The number of hydrogen-bond donors (Lipinski definition) is 0. The zero-order chi connectivity index (χ0) is 16.8. The standard InChI is InChI=1S/C20H14O4.H2S/c21-19(23-15-9-3-1-4-10-15)17-13-7-8-14-18(17)20(22)24-16-11-5-2-6-12-16;/h1-14H;1H2. The predicted molar refractivity (Wildman–Crippen MR) is 99.6 cm³/mol. The van der Waals surface area contributed by atoms with Gasteiger partial charge in [0.15, 0.2) is 0 Å². The molecule has 0 radical (unpaired) electrons. The molecule has 126 valence electrons. The maximum absolute atomic E-state index is 12.4. The average molecular weight is 352 g/mol. The van der Waals surface area contributed by atoms with Crippen molar-refractivity contribution < 1.29 is 19.1 Å². The van der Waals surface area contributed by atoms with E-state index in [2.05, 4.69) is 0 Å². The van der Waals surface area contributed by atoms with Gasteiger partial charge >= 0.3 is 11.9 Å². The molecule has 0 saturated carbocycles. The van der Waals surface area contributed by atoms with Crippen LogP contribution in [0.1, 0.15) is 20.7 Å². The van der Waals surface area contributed by atoms with Crippen molar-refractivity contribution in [1.82, 2.24) is 0 Å². The molecule has 0 aliphatic carbocycles. The van der Waals surface area contributed by atoms with Crippen LogP contribution in [0, 0.1) is 0 Å². The molecule has 3 aromatic rings. The predicted octanol–water partition coefficient (Wildman–Crippen LogP) is 4.24.